The molecular weight excluding hydrogens is 296 g/mol. The number of nitrogens with one attached hydrogen (secondary N) is 1. The molecule has 0 bridgehead atoms. The van der Waals surface area contributed by atoms with E-state index >= 15 is 0 Å². The zero-order valence-corrected chi connectivity index (χ0v) is 12.4. The molecule has 0 aliphatic heterocycles. The average molecular weight is 312 g/mol. The van der Waals surface area contributed by atoms with Crippen molar-refractivity contribution in [2.24, 2.45) is 0 Å². The zero-order valence-electron chi connectivity index (χ0n) is 11.6. The molecule has 0 aliphatic rings. The molecule has 1 N–H and O–H groups in total. The lowest BCUT2D eigenvalue weighted by Crippen LogP contribution is -2.12. The largest absolute Gasteiger partial charge is 0.489 e. The average Bonchev–Trinajstić information content (AvgIpc) is 2.44. The minimum atomic E-state index is -0.438. The lowest BCUT2D eigenvalue weighted by Gasteiger charge is -2.10. The van der Waals surface area contributed by atoms with E-state index in [1.807, 2.05) is 6.92 Å². The summed E-state index contributed by atoms with van der Waals surface area (Å²) in [5.41, 5.74) is 1.03. The van der Waals surface area contributed by atoms with Crippen molar-refractivity contribution in [1.29, 1.82) is 0 Å². The van der Waals surface area contributed by atoms with Crippen LogP contribution >= 0.6 is 11.6 Å². The summed E-state index contributed by atoms with van der Waals surface area (Å²) in [6.45, 7) is 3.26. The first kappa shape index (κ1) is 15.7. The van der Waals surface area contributed by atoms with Gasteiger partial charge in [-0.25, -0.2) is 8.78 Å². The van der Waals surface area contributed by atoms with E-state index in [1.54, 1.807) is 12.1 Å². The van der Waals surface area contributed by atoms with Crippen LogP contribution in [0.15, 0.2) is 36.4 Å². The van der Waals surface area contributed by atoms with E-state index < -0.39 is 5.82 Å². The van der Waals surface area contributed by atoms with Gasteiger partial charge in [-0.1, -0.05) is 24.6 Å². The molecular formula is C16H16ClF2NO. The van der Waals surface area contributed by atoms with Crippen molar-refractivity contribution in [3.63, 3.8) is 0 Å². The molecule has 0 radical (unpaired) electrons. The molecule has 21 heavy (non-hydrogen) atoms. The maximum atomic E-state index is 13.6. The van der Waals surface area contributed by atoms with Gasteiger partial charge in [0.05, 0.1) is 5.02 Å². The Kier molecular flexibility index (Phi) is 5.53. The second-order valence-electron chi connectivity index (χ2n) is 4.56. The molecule has 0 atom stereocenters. The predicted molar refractivity (Wildman–Crippen MR) is 79.5 cm³/mol. The molecule has 0 spiro atoms. The van der Waals surface area contributed by atoms with Crippen molar-refractivity contribution < 1.29 is 13.5 Å². The minimum absolute atomic E-state index is 0.0460. The molecule has 0 saturated heterocycles. The molecule has 0 saturated carbocycles. The van der Waals surface area contributed by atoms with Gasteiger partial charge in [0, 0.05) is 18.2 Å². The minimum Gasteiger partial charge on any atom is -0.489 e. The number of rotatable bonds is 6. The second-order valence-corrected chi connectivity index (χ2v) is 4.97. The molecule has 0 unspecified atom stereocenters. The Labute approximate surface area is 127 Å². The van der Waals surface area contributed by atoms with Crippen LogP contribution in [0.3, 0.4) is 0 Å². The van der Waals surface area contributed by atoms with Crippen LogP contribution in [0.1, 0.15) is 18.1 Å². The normalized spacial score (nSPS) is 10.7. The maximum absolute atomic E-state index is 13.6. The molecule has 0 heterocycles. The Balaban J connectivity index is 2.11. The maximum Gasteiger partial charge on any atom is 0.131 e. The summed E-state index contributed by atoms with van der Waals surface area (Å²) in [6, 6.07) is 8.85. The van der Waals surface area contributed by atoms with Gasteiger partial charge >= 0.3 is 0 Å². The topological polar surface area (TPSA) is 21.3 Å². The van der Waals surface area contributed by atoms with Gasteiger partial charge in [0.25, 0.3) is 0 Å². The van der Waals surface area contributed by atoms with Crippen LogP contribution in [0, 0.1) is 11.6 Å². The van der Waals surface area contributed by atoms with Gasteiger partial charge in [0.1, 0.15) is 24.0 Å². The highest BCUT2D eigenvalue weighted by Gasteiger charge is 2.08. The van der Waals surface area contributed by atoms with E-state index in [9.17, 15) is 8.78 Å². The van der Waals surface area contributed by atoms with Crippen LogP contribution in [0.2, 0.25) is 5.02 Å². The van der Waals surface area contributed by atoms with Crippen molar-refractivity contribution >= 4 is 11.6 Å². The smallest absolute Gasteiger partial charge is 0.131 e. The summed E-state index contributed by atoms with van der Waals surface area (Å²) in [5, 5.41) is 3.40. The van der Waals surface area contributed by atoms with Crippen molar-refractivity contribution in [3.05, 3.63) is 64.2 Å². The summed E-state index contributed by atoms with van der Waals surface area (Å²) in [7, 11) is 0. The fourth-order valence-electron chi connectivity index (χ4n) is 1.90. The lowest BCUT2D eigenvalue weighted by atomic mass is 10.2. The third-order valence-electron chi connectivity index (χ3n) is 2.96. The van der Waals surface area contributed by atoms with Gasteiger partial charge in [-0.3, -0.25) is 0 Å². The zero-order chi connectivity index (χ0) is 15.2. The molecule has 0 fully saturated rings. The van der Waals surface area contributed by atoms with E-state index in [4.69, 9.17) is 16.3 Å². The van der Waals surface area contributed by atoms with E-state index in [0.717, 1.165) is 12.1 Å². The Morgan fingerprint density at radius 3 is 2.71 bits per heavy atom. The van der Waals surface area contributed by atoms with Gasteiger partial charge in [-0.05, 0) is 36.4 Å². The summed E-state index contributed by atoms with van der Waals surface area (Å²) in [4.78, 5) is 0. The molecule has 112 valence electrons. The van der Waals surface area contributed by atoms with Crippen LogP contribution in [-0.2, 0) is 13.2 Å². The Hall–Kier alpha value is -1.65. The molecule has 2 aromatic rings. The molecule has 2 rings (SSSR count). The first-order chi connectivity index (χ1) is 10.1. The fraction of sp³-hybridized carbons (Fsp3) is 0.250. The number of benzene rings is 2. The summed E-state index contributed by atoms with van der Waals surface area (Å²) >= 11 is 5.92. The van der Waals surface area contributed by atoms with Crippen molar-refractivity contribution in [3.8, 4) is 5.75 Å². The van der Waals surface area contributed by atoms with Crippen molar-refractivity contribution in [2.45, 2.75) is 20.1 Å². The van der Waals surface area contributed by atoms with E-state index in [0.29, 0.717) is 17.3 Å². The van der Waals surface area contributed by atoms with Crippen LogP contribution < -0.4 is 10.1 Å². The third kappa shape index (κ3) is 4.41. The lowest BCUT2D eigenvalue weighted by molar-refractivity contribution is 0.298. The molecule has 0 aliphatic carbocycles. The highest BCUT2D eigenvalue weighted by Crippen LogP contribution is 2.22. The number of hydrogen-bond acceptors (Lipinski definition) is 2. The highest BCUT2D eigenvalue weighted by molar-refractivity contribution is 6.31. The first-order valence-corrected chi connectivity index (χ1v) is 7.04. The number of halogens is 3. The van der Waals surface area contributed by atoms with E-state index in [1.165, 1.54) is 24.3 Å². The number of hydrogen-bond donors (Lipinski definition) is 1. The standard InChI is InChI=1S/C16H16ClF2NO/c1-2-20-9-11-6-12(18)8-13(7-11)21-10-14-15(17)4-3-5-16(14)19/h3-8,20H,2,9-10H2,1H3. The molecule has 5 heteroatoms. The van der Waals surface area contributed by atoms with Crippen molar-refractivity contribution in [1.82, 2.24) is 5.32 Å². The number of ether oxygens (including phenoxy) is 1. The molecule has 0 amide bonds. The van der Waals surface area contributed by atoms with Crippen LogP contribution in [0.4, 0.5) is 8.78 Å². The monoisotopic (exact) mass is 311 g/mol. The van der Waals surface area contributed by atoms with Crippen molar-refractivity contribution in [2.75, 3.05) is 6.54 Å². The molecule has 2 nitrogen and oxygen atoms in total. The van der Waals surface area contributed by atoms with Gasteiger partial charge in [0.15, 0.2) is 0 Å². The van der Waals surface area contributed by atoms with Gasteiger partial charge in [-0.2, -0.15) is 0 Å². The highest BCUT2D eigenvalue weighted by atomic mass is 35.5. The van der Waals surface area contributed by atoms with Gasteiger partial charge in [-0.15, -0.1) is 0 Å². The summed E-state index contributed by atoms with van der Waals surface area (Å²) in [6.07, 6.45) is 0. The van der Waals surface area contributed by atoms with Gasteiger partial charge in [0.2, 0.25) is 0 Å². The van der Waals surface area contributed by atoms with Crippen LogP contribution in [0.25, 0.3) is 0 Å². The Bertz CT molecular complexity index is 599. The van der Waals surface area contributed by atoms with E-state index in [2.05, 4.69) is 5.32 Å². The Morgan fingerprint density at radius 1 is 1.19 bits per heavy atom. The third-order valence-corrected chi connectivity index (χ3v) is 3.31. The van der Waals surface area contributed by atoms with Gasteiger partial charge < -0.3 is 10.1 Å². The van der Waals surface area contributed by atoms with Crippen LogP contribution in [-0.4, -0.2) is 6.54 Å². The molecule has 0 aromatic heterocycles. The first-order valence-electron chi connectivity index (χ1n) is 6.66. The predicted octanol–water partition coefficient (Wildman–Crippen LogP) is 4.31. The Morgan fingerprint density at radius 2 is 2.00 bits per heavy atom. The summed E-state index contributed by atoms with van der Waals surface area (Å²) < 4.78 is 32.6. The SMILES string of the molecule is CCNCc1cc(F)cc(OCc2c(F)cccc2Cl)c1. The summed E-state index contributed by atoms with van der Waals surface area (Å²) in [5.74, 6) is -0.478. The quantitative estimate of drug-likeness (QED) is 0.858. The second kappa shape index (κ2) is 7.38. The van der Waals surface area contributed by atoms with E-state index in [-0.39, 0.29) is 18.0 Å². The molecule has 2 aromatic carbocycles. The fourth-order valence-corrected chi connectivity index (χ4v) is 2.12. The van der Waals surface area contributed by atoms with Crippen LogP contribution in [0.5, 0.6) is 5.75 Å².